The molecule has 0 radical (unpaired) electrons. The molecular formula is C19H40N6O2. The van der Waals surface area contributed by atoms with Gasteiger partial charge in [0.15, 0.2) is 0 Å². The van der Waals surface area contributed by atoms with Crippen LogP contribution in [0.1, 0.15) is 13.3 Å². The van der Waals surface area contributed by atoms with Crippen molar-refractivity contribution < 1.29 is 9.53 Å². The Kier molecular flexibility index (Phi) is 9.95. The molecule has 0 aliphatic carbocycles. The van der Waals surface area contributed by atoms with E-state index >= 15 is 0 Å². The quantitative estimate of drug-likeness (QED) is 0.315. The van der Waals surface area contributed by atoms with Crippen LogP contribution in [0.4, 0.5) is 0 Å². The van der Waals surface area contributed by atoms with Crippen LogP contribution in [-0.4, -0.2) is 125 Å². The molecule has 3 unspecified atom stereocenters. The van der Waals surface area contributed by atoms with Gasteiger partial charge in [0.2, 0.25) is 0 Å². The summed E-state index contributed by atoms with van der Waals surface area (Å²) in [5.74, 6) is -0.129. The van der Waals surface area contributed by atoms with Gasteiger partial charge in [-0.3, -0.25) is 19.5 Å². The summed E-state index contributed by atoms with van der Waals surface area (Å²) in [6.45, 7) is 12.4. The van der Waals surface area contributed by atoms with Gasteiger partial charge in [-0.2, -0.15) is 0 Å². The molecule has 27 heavy (non-hydrogen) atoms. The molecule has 0 spiro atoms. The van der Waals surface area contributed by atoms with Gasteiger partial charge in [-0.1, -0.05) is 0 Å². The maximum Gasteiger partial charge on any atom is 0.324 e. The Morgan fingerprint density at radius 1 is 1.11 bits per heavy atom. The lowest BCUT2D eigenvalue weighted by Crippen LogP contribution is -2.57. The molecule has 158 valence electrons. The molecule has 0 aromatic heterocycles. The fourth-order valence-corrected chi connectivity index (χ4v) is 4.07. The molecule has 0 saturated carbocycles. The Hall–Kier alpha value is -0.770. The van der Waals surface area contributed by atoms with Crippen molar-refractivity contribution in [2.24, 2.45) is 0 Å². The van der Waals surface area contributed by atoms with Gasteiger partial charge in [-0.05, 0) is 34.0 Å². The van der Waals surface area contributed by atoms with Crippen molar-refractivity contribution in [3.05, 3.63) is 0 Å². The molecule has 2 fully saturated rings. The number of esters is 1. The summed E-state index contributed by atoms with van der Waals surface area (Å²) >= 11 is 0. The fraction of sp³-hybridized carbons (Fsp3) is 0.947. The van der Waals surface area contributed by atoms with Crippen molar-refractivity contribution in [2.75, 3.05) is 86.7 Å². The summed E-state index contributed by atoms with van der Waals surface area (Å²) in [5.41, 5.74) is 0. The first-order valence-electron chi connectivity index (χ1n) is 10.4. The highest BCUT2D eigenvalue weighted by Crippen LogP contribution is 2.09. The second-order valence-electron chi connectivity index (χ2n) is 7.99. The second kappa shape index (κ2) is 11.9. The van der Waals surface area contributed by atoms with Crippen molar-refractivity contribution in [1.82, 2.24) is 30.7 Å². The molecule has 2 rings (SSSR count). The molecule has 8 nitrogen and oxygen atoms in total. The van der Waals surface area contributed by atoms with E-state index in [-0.39, 0.29) is 12.0 Å². The van der Waals surface area contributed by atoms with Crippen LogP contribution in [-0.2, 0) is 9.53 Å². The van der Waals surface area contributed by atoms with Gasteiger partial charge in [-0.15, -0.1) is 0 Å². The van der Waals surface area contributed by atoms with Gasteiger partial charge < -0.3 is 20.7 Å². The number of rotatable bonds is 10. The standard InChI is InChI=1S/C19H40N6O2/c1-16-13-25(9-7-20-2)14-17(22-16)5-6-21-8-10-24-12-11-23(3)18(15-24)19(26)27-4/h16-18,20-22H,5-15H2,1-4H3. The van der Waals surface area contributed by atoms with E-state index in [9.17, 15) is 4.79 Å². The van der Waals surface area contributed by atoms with Crippen LogP contribution in [0.5, 0.6) is 0 Å². The van der Waals surface area contributed by atoms with E-state index in [1.54, 1.807) is 0 Å². The van der Waals surface area contributed by atoms with Gasteiger partial charge in [0.05, 0.1) is 7.11 Å². The van der Waals surface area contributed by atoms with E-state index in [0.717, 1.165) is 71.9 Å². The Morgan fingerprint density at radius 3 is 2.63 bits per heavy atom. The largest absolute Gasteiger partial charge is 0.468 e. The number of hydrogen-bond acceptors (Lipinski definition) is 8. The predicted molar refractivity (Wildman–Crippen MR) is 109 cm³/mol. The predicted octanol–water partition coefficient (Wildman–Crippen LogP) is -1.36. The molecule has 0 bridgehead atoms. The zero-order chi connectivity index (χ0) is 19.6. The smallest absolute Gasteiger partial charge is 0.324 e. The lowest BCUT2D eigenvalue weighted by Gasteiger charge is -2.38. The minimum Gasteiger partial charge on any atom is -0.468 e. The molecular weight excluding hydrogens is 344 g/mol. The summed E-state index contributed by atoms with van der Waals surface area (Å²) in [6.07, 6.45) is 1.15. The second-order valence-corrected chi connectivity index (χ2v) is 7.99. The molecule has 2 heterocycles. The molecule has 0 aromatic carbocycles. The monoisotopic (exact) mass is 384 g/mol. The van der Waals surface area contributed by atoms with E-state index in [4.69, 9.17) is 4.74 Å². The van der Waals surface area contributed by atoms with Crippen LogP contribution in [0.2, 0.25) is 0 Å². The van der Waals surface area contributed by atoms with Crippen LogP contribution in [0.15, 0.2) is 0 Å². The van der Waals surface area contributed by atoms with Gasteiger partial charge in [0, 0.05) is 71.0 Å². The molecule has 0 amide bonds. The lowest BCUT2D eigenvalue weighted by atomic mass is 10.1. The Labute approximate surface area is 165 Å². The lowest BCUT2D eigenvalue weighted by molar-refractivity contribution is -0.148. The third-order valence-corrected chi connectivity index (χ3v) is 5.69. The number of nitrogens with zero attached hydrogens (tertiary/aromatic N) is 3. The number of carbonyl (C=O) groups excluding carboxylic acids is 1. The normalized spacial score (nSPS) is 28.4. The van der Waals surface area contributed by atoms with Crippen LogP contribution in [0.3, 0.4) is 0 Å². The zero-order valence-corrected chi connectivity index (χ0v) is 17.7. The Bertz CT molecular complexity index is 438. The Morgan fingerprint density at radius 2 is 1.89 bits per heavy atom. The van der Waals surface area contributed by atoms with E-state index < -0.39 is 0 Å². The van der Waals surface area contributed by atoms with Crippen LogP contribution >= 0.6 is 0 Å². The molecule has 0 aromatic rings. The highest BCUT2D eigenvalue weighted by Gasteiger charge is 2.30. The number of methoxy groups -OCH3 is 1. The topological polar surface area (TPSA) is 72.1 Å². The van der Waals surface area contributed by atoms with Crippen LogP contribution in [0, 0.1) is 0 Å². The maximum absolute atomic E-state index is 11.9. The molecule has 2 aliphatic heterocycles. The van der Waals surface area contributed by atoms with Gasteiger partial charge in [0.1, 0.15) is 6.04 Å². The number of nitrogens with one attached hydrogen (secondary N) is 3. The van der Waals surface area contributed by atoms with Crippen molar-refractivity contribution in [1.29, 1.82) is 0 Å². The summed E-state index contributed by atoms with van der Waals surface area (Å²) < 4.78 is 4.92. The SMILES string of the molecule is CNCCN1CC(C)NC(CCNCCN2CCN(C)C(C(=O)OC)C2)C1. The number of likely N-dealkylation sites (N-methyl/N-ethyl adjacent to an activating group) is 2. The highest BCUT2D eigenvalue weighted by atomic mass is 16.5. The first kappa shape index (κ1) is 22.5. The Balaban J connectivity index is 1.60. The average Bonchev–Trinajstić information content (AvgIpc) is 2.66. The van der Waals surface area contributed by atoms with Crippen molar-refractivity contribution in [2.45, 2.75) is 31.5 Å². The number of hydrogen-bond donors (Lipinski definition) is 3. The zero-order valence-electron chi connectivity index (χ0n) is 17.7. The molecule has 2 aliphatic rings. The minimum atomic E-state index is -0.139. The van der Waals surface area contributed by atoms with Crippen LogP contribution in [0.25, 0.3) is 0 Å². The van der Waals surface area contributed by atoms with Crippen LogP contribution < -0.4 is 16.0 Å². The first-order valence-corrected chi connectivity index (χ1v) is 10.4. The average molecular weight is 385 g/mol. The molecule has 2 saturated heterocycles. The molecule has 3 N–H and O–H groups in total. The van der Waals surface area contributed by atoms with E-state index in [1.807, 2.05) is 14.1 Å². The maximum atomic E-state index is 11.9. The molecule has 3 atom stereocenters. The fourth-order valence-electron chi connectivity index (χ4n) is 4.07. The van der Waals surface area contributed by atoms with E-state index in [0.29, 0.717) is 12.1 Å². The summed E-state index contributed by atoms with van der Waals surface area (Å²) in [4.78, 5) is 18.9. The van der Waals surface area contributed by atoms with Gasteiger partial charge >= 0.3 is 5.97 Å². The molecule has 8 heteroatoms. The summed E-state index contributed by atoms with van der Waals surface area (Å²) in [5, 5.41) is 10.5. The van der Waals surface area contributed by atoms with Gasteiger partial charge in [0.25, 0.3) is 0 Å². The minimum absolute atomic E-state index is 0.129. The summed E-state index contributed by atoms with van der Waals surface area (Å²) in [6, 6.07) is 0.979. The van der Waals surface area contributed by atoms with Crippen molar-refractivity contribution in [3.8, 4) is 0 Å². The summed E-state index contributed by atoms with van der Waals surface area (Å²) in [7, 11) is 5.48. The van der Waals surface area contributed by atoms with Crippen molar-refractivity contribution >= 4 is 5.97 Å². The van der Waals surface area contributed by atoms with Crippen molar-refractivity contribution in [3.63, 3.8) is 0 Å². The number of ether oxygens (including phenoxy) is 1. The van der Waals surface area contributed by atoms with Gasteiger partial charge in [-0.25, -0.2) is 0 Å². The third kappa shape index (κ3) is 7.63. The number of piperazine rings is 2. The van der Waals surface area contributed by atoms with E-state index in [2.05, 4.69) is 37.6 Å². The van der Waals surface area contributed by atoms with E-state index in [1.165, 1.54) is 7.11 Å². The third-order valence-electron chi connectivity index (χ3n) is 5.69. The number of carbonyl (C=O) groups is 1. The first-order chi connectivity index (χ1) is 13.0. The highest BCUT2D eigenvalue weighted by molar-refractivity contribution is 5.76.